The number of aliphatic hydroxyl groups is 1. The number of amides is 1. The minimum absolute atomic E-state index is 0.0736. The van der Waals surface area contributed by atoms with Crippen molar-refractivity contribution < 1.29 is 14.4 Å². The molecule has 0 aliphatic heterocycles. The second kappa shape index (κ2) is 6.64. The van der Waals surface area contributed by atoms with Crippen molar-refractivity contribution in [3.8, 4) is 11.4 Å². The van der Waals surface area contributed by atoms with Gasteiger partial charge in [0.25, 0.3) is 5.91 Å². The number of nitrogens with zero attached hydrogens (tertiary/aromatic N) is 2. The van der Waals surface area contributed by atoms with Gasteiger partial charge in [0.15, 0.2) is 0 Å². The molecule has 0 fully saturated rings. The Kier molecular flexibility index (Phi) is 4.39. The molecule has 0 unspecified atom stereocenters. The highest BCUT2D eigenvalue weighted by Crippen LogP contribution is 2.20. The van der Waals surface area contributed by atoms with Gasteiger partial charge < -0.3 is 14.9 Å². The van der Waals surface area contributed by atoms with E-state index in [0.717, 1.165) is 11.1 Å². The first-order valence-electron chi connectivity index (χ1n) is 7.49. The molecule has 122 valence electrons. The first-order chi connectivity index (χ1) is 11.6. The number of aliphatic hydroxyl groups excluding tert-OH is 1. The van der Waals surface area contributed by atoms with Crippen LogP contribution in [-0.2, 0) is 6.61 Å². The summed E-state index contributed by atoms with van der Waals surface area (Å²) in [7, 11) is 0. The van der Waals surface area contributed by atoms with Crippen molar-refractivity contribution in [2.75, 3.05) is 5.32 Å². The molecule has 6 nitrogen and oxygen atoms in total. The average Bonchev–Trinajstić information content (AvgIpc) is 3.03. The summed E-state index contributed by atoms with van der Waals surface area (Å²) in [5.41, 5.74) is 3.54. The zero-order valence-corrected chi connectivity index (χ0v) is 13.4. The molecule has 6 heteroatoms. The van der Waals surface area contributed by atoms with Crippen LogP contribution in [0.25, 0.3) is 11.4 Å². The normalized spacial score (nSPS) is 10.6. The van der Waals surface area contributed by atoms with Crippen LogP contribution in [0.1, 0.15) is 27.4 Å². The lowest BCUT2D eigenvalue weighted by Gasteiger charge is -2.10. The number of hydrogen-bond acceptors (Lipinski definition) is 5. The molecule has 1 aromatic heterocycles. The van der Waals surface area contributed by atoms with Gasteiger partial charge in [-0.1, -0.05) is 29.4 Å². The Bertz CT molecular complexity index is 887. The zero-order valence-electron chi connectivity index (χ0n) is 13.4. The van der Waals surface area contributed by atoms with E-state index in [-0.39, 0.29) is 12.5 Å². The Labute approximate surface area is 139 Å². The molecule has 0 radical (unpaired) electrons. The van der Waals surface area contributed by atoms with E-state index in [4.69, 9.17) is 4.52 Å². The third-order valence-electron chi connectivity index (χ3n) is 3.64. The van der Waals surface area contributed by atoms with Crippen LogP contribution in [0.4, 0.5) is 5.69 Å². The van der Waals surface area contributed by atoms with Crippen LogP contribution in [0.3, 0.4) is 0 Å². The minimum atomic E-state index is -0.241. The third-order valence-corrected chi connectivity index (χ3v) is 3.64. The molecule has 1 amide bonds. The Morgan fingerprint density at radius 2 is 2.04 bits per heavy atom. The third kappa shape index (κ3) is 3.33. The first kappa shape index (κ1) is 15.9. The van der Waals surface area contributed by atoms with Gasteiger partial charge in [-0.3, -0.25) is 4.79 Å². The van der Waals surface area contributed by atoms with E-state index in [1.807, 2.05) is 25.1 Å². The molecule has 0 bridgehead atoms. The topological polar surface area (TPSA) is 88.2 Å². The van der Waals surface area contributed by atoms with Gasteiger partial charge in [-0.15, -0.1) is 0 Å². The van der Waals surface area contributed by atoms with E-state index in [1.165, 1.54) is 0 Å². The van der Waals surface area contributed by atoms with Gasteiger partial charge in [0.05, 0.1) is 6.61 Å². The van der Waals surface area contributed by atoms with Gasteiger partial charge >= 0.3 is 0 Å². The summed E-state index contributed by atoms with van der Waals surface area (Å²) in [5.74, 6) is 0.673. The minimum Gasteiger partial charge on any atom is -0.392 e. The predicted octanol–water partition coefficient (Wildman–Crippen LogP) is 3.10. The lowest BCUT2D eigenvalue weighted by molar-refractivity contribution is 0.102. The number of hydrogen-bond donors (Lipinski definition) is 2. The fourth-order valence-corrected chi connectivity index (χ4v) is 2.31. The second-order valence-electron chi connectivity index (χ2n) is 5.48. The summed E-state index contributed by atoms with van der Waals surface area (Å²) in [5, 5.41) is 16.0. The molecule has 0 saturated heterocycles. The second-order valence-corrected chi connectivity index (χ2v) is 5.48. The van der Waals surface area contributed by atoms with Gasteiger partial charge in [0, 0.05) is 23.7 Å². The van der Waals surface area contributed by atoms with Crippen molar-refractivity contribution in [3.63, 3.8) is 0 Å². The van der Waals surface area contributed by atoms with Crippen LogP contribution >= 0.6 is 0 Å². The van der Waals surface area contributed by atoms with Crippen molar-refractivity contribution in [1.82, 2.24) is 10.1 Å². The summed E-state index contributed by atoms with van der Waals surface area (Å²) < 4.78 is 4.97. The van der Waals surface area contributed by atoms with Crippen LogP contribution in [0.5, 0.6) is 0 Å². The molecule has 24 heavy (non-hydrogen) atoms. The zero-order chi connectivity index (χ0) is 17.1. The van der Waals surface area contributed by atoms with Crippen molar-refractivity contribution in [2.45, 2.75) is 20.5 Å². The average molecular weight is 323 g/mol. The standard InChI is InChI=1S/C18H17N3O3/c1-11-6-7-13(10-22)8-16(11)20-18(23)15-5-3-4-14(9-15)17-19-12(2)24-21-17/h3-9,22H,10H2,1-2H3,(H,20,23). The largest absolute Gasteiger partial charge is 0.392 e. The highest BCUT2D eigenvalue weighted by molar-refractivity contribution is 6.05. The van der Waals surface area contributed by atoms with Crippen LogP contribution in [0.2, 0.25) is 0 Å². The van der Waals surface area contributed by atoms with E-state index in [1.54, 1.807) is 31.2 Å². The van der Waals surface area contributed by atoms with Crippen molar-refractivity contribution in [2.24, 2.45) is 0 Å². The lowest BCUT2D eigenvalue weighted by atomic mass is 10.1. The Balaban J connectivity index is 1.85. The van der Waals surface area contributed by atoms with Crippen molar-refractivity contribution >= 4 is 11.6 Å². The molecular formula is C18H17N3O3. The molecule has 0 aliphatic carbocycles. The maximum atomic E-state index is 12.5. The summed E-state index contributed by atoms with van der Waals surface area (Å²) in [6.45, 7) is 3.54. The molecule has 2 aromatic carbocycles. The van der Waals surface area contributed by atoms with Crippen LogP contribution in [0, 0.1) is 13.8 Å². The van der Waals surface area contributed by atoms with E-state index >= 15 is 0 Å². The van der Waals surface area contributed by atoms with Crippen LogP contribution in [-0.4, -0.2) is 21.2 Å². The predicted molar refractivity (Wildman–Crippen MR) is 89.5 cm³/mol. The highest BCUT2D eigenvalue weighted by Gasteiger charge is 2.12. The number of anilines is 1. The molecule has 0 saturated carbocycles. The maximum Gasteiger partial charge on any atom is 0.255 e. The summed E-state index contributed by atoms with van der Waals surface area (Å²) in [4.78, 5) is 16.7. The quantitative estimate of drug-likeness (QED) is 0.770. The Morgan fingerprint density at radius 3 is 2.75 bits per heavy atom. The van der Waals surface area contributed by atoms with Gasteiger partial charge in [-0.2, -0.15) is 4.98 Å². The van der Waals surface area contributed by atoms with Gasteiger partial charge in [0.2, 0.25) is 11.7 Å². The molecule has 0 atom stereocenters. The molecule has 0 aliphatic rings. The van der Waals surface area contributed by atoms with Gasteiger partial charge in [-0.25, -0.2) is 0 Å². The number of nitrogens with one attached hydrogen (secondary N) is 1. The molecule has 0 spiro atoms. The Morgan fingerprint density at radius 1 is 1.21 bits per heavy atom. The number of carbonyl (C=O) groups is 1. The Hall–Kier alpha value is -2.99. The summed E-state index contributed by atoms with van der Waals surface area (Å²) in [6, 6.07) is 12.5. The highest BCUT2D eigenvalue weighted by atomic mass is 16.5. The van der Waals surface area contributed by atoms with E-state index in [0.29, 0.717) is 28.5 Å². The molecular weight excluding hydrogens is 306 g/mol. The molecule has 2 N–H and O–H groups in total. The van der Waals surface area contributed by atoms with E-state index in [9.17, 15) is 9.90 Å². The summed E-state index contributed by atoms with van der Waals surface area (Å²) in [6.07, 6.45) is 0. The molecule has 1 heterocycles. The van der Waals surface area contributed by atoms with Crippen molar-refractivity contribution in [1.29, 1.82) is 0 Å². The van der Waals surface area contributed by atoms with E-state index < -0.39 is 0 Å². The smallest absolute Gasteiger partial charge is 0.255 e. The number of carbonyl (C=O) groups excluding carboxylic acids is 1. The van der Waals surface area contributed by atoms with Crippen LogP contribution < -0.4 is 5.32 Å². The number of aryl methyl sites for hydroxylation is 2. The molecule has 3 aromatic rings. The van der Waals surface area contributed by atoms with Gasteiger partial charge in [0.1, 0.15) is 0 Å². The number of aromatic nitrogens is 2. The van der Waals surface area contributed by atoms with Gasteiger partial charge in [-0.05, 0) is 36.2 Å². The first-order valence-corrected chi connectivity index (χ1v) is 7.49. The van der Waals surface area contributed by atoms with Crippen molar-refractivity contribution in [3.05, 3.63) is 65.0 Å². The maximum absolute atomic E-state index is 12.5. The number of rotatable bonds is 4. The monoisotopic (exact) mass is 323 g/mol. The lowest BCUT2D eigenvalue weighted by Crippen LogP contribution is -2.13. The fraction of sp³-hybridized carbons (Fsp3) is 0.167. The summed E-state index contributed by atoms with van der Waals surface area (Å²) >= 11 is 0. The molecule has 3 rings (SSSR count). The van der Waals surface area contributed by atoms with E-state index in [2.05, 4.69) is 15.5 Å². The SMILES string of the molecule is Cc1nc(-c2cccc(C(=O)Nc3cc(CO)ccc3C)c2)no1. The fourth-order valence-electron chi connectivity index (χ4n) is 2.31. The number of benzene rings is 2. The van der Waals surface area contributed by atoms with Crippen LogP contribution in [0.15, 0.2) is 47.0 Å².